The number of hydrogen-bond acceptors (Lipinski definition) is 4. The number of aryl methyl sites for hydroxylation is 1. The lowest BCUT2D eigenvalue weighted by Crippen LogP contribution is -2.35. The zero-order chi connectivity index (χ0) is 25.2. The van der Waals surface area contributed by atoms with Gasteiger partial charge in [0.25, 0.3) is 5.91 Å². The van der Waals surface area contributed by atoms with Crippen molar-refractivity contribution in [3.05, 3.63) is 90.0 Å². The lowest BCUT2D eigenvalue weighted by Gasteiger charge is -2.26. The van der Waals surface area contributed by atoms with Gasteiger partial charge < -0.3 is 20.9 Å². The van der Waals surface area contributed by atoms with E-state index < -0.39 is 0 Å². The minimum Gasteiger partial charge on any atom is -0.376 e. The van der Waals surface area contributed by atoms with Crippen molar-refractivity contribution >= 4 is 34.8 Å². The van der Waals surface area contributed by atoms with E-state index in [1.165, 1.54) is 6.42 Å². The number of anilines is 3. The molecule has 7 heteroatoms. The van der Waals surface area contributed by atoms with Gasteiger partial charge in [-0.2, -0.15) is 0 Å². The van der Waals surface area contributed by atoms with Crippen LogP contribution in [0.15, 0.2) is 78.9 Å². The predicted octanol–water partition coefficient (Wildman–Crippen LogP) is 4.93. The number of likely N-dealkylation sites (tertiary alicyclic amines) is 1. The zero-order valence-electron chi connectivity index (χ0n) is 20.3. The van der Waals surface area contributed by atoms with Gasteiger partial charge in [-0.05, 0) is 67.6 Å². The molecule has 186 valence electrons. The Kier molecular flexibility index (Phi) is 8.70. The van der Waals surface area contributed by atoms with Crippen molar-refractivity contribution in [1.29, 1.82) is 0 Å². The number of amides is 3. The summed E-state index contributed by atoms with van der Waals surface area (Å²) in [5.74, 6) is -0.274. The summed E-state index contributed by atoms with van der Waals surface area (Å²) in [6.07, 6.45) is 4.30. The molecule has 3 N–H and O–H groups in total. The van der Waals surface area contributed by atoms with Crippen LogP contribution in [0.1, 0.15) is 41.6 Å². The number of carbonyl (C=O) groups excluding carboxylic acids is 3. The van der Waals surface area contributed by atoms with Crippen molar-refractivity contribution in [2.24, 2.45) is 0 Å². The number of benzene rings is 3. The van der Waals surface area contributed by atoms with Gasteiger partial charge in [0.15, 0.2) is 0 Å². The van der Waals surface area contributed by atoms with E-state index in [1.807, 2.05) is 53.4 Å². The average Bonchev–Trinajstić information content (AvgIpc) is 2.92. The smallest absolute Gasteiger partial charge is 0.253 e. The van der Waals surface area contributed by atoms with Gasteiger partial charge in [0, 0.05) is 42.1 Å². The largest absolute Gasteiger partial charge is 0.376 e. The monoisotopic (exact) mass is 484 g/mol. The molecular weight excluding hydrogens is 452 g/mol. The molecule has 0 aliphatic carbocycles. The first kappa shape index (κ1) is 25.0. The van der Waals surface area contributed by atoms with Crippen LogP contribution in [-0.2, 0) is 16.0 Å². The second-order valence-electron chi connectivity index (χ2n) is 8.95. The zero-order valence-corrected chi connectivity index (χ0v) is 20.3. The van der Waals surface area contributed by atoms with Crippen molar-refractivity contribution < 1.29 is 14.4 Å². The number of carbonyl (C=O) groups is 3. The second-order valence-corrected chi connectivity index (χ2v) is 8.95. The van der Waals surface area contributed by atoms with Crippen LogP contribution in [-0.4, -0.2) is 42.3 Å². The topological polar surface area (TPSA) is 90.5 Å². The molecule has 0 radical (unpaired) electrons. The summed E-state index contributed by atoms with van der Waals surface area (Å²) in [6, 6.07) is 24.2. The highest BCUT2D eigenvalue weighted by atomic mass is 16.2. The van der Waals surface area contributed by atoms with Gasteiger partial charge in [-0.15, -0.1) is 0 Å². The quantitative estimate of drug-likeness (QED) is 0.402. The van der Waals surface area contributed by atoms with Crippen LogP contribution in [0, 0.1) is 0 Å². The van der Waals surface area contributed by atoms with Crippen LogP contribution < -0.4 is 16.0 Å². The van der Waals surface area contributed by atoms with Gasteiger partial charge in [0.1, 0.15) is 0 Å². The van der Waals surface area contributed by atoms with Crippen LogP contribution >= 0.6 is 0 Å². The molecule has 0 unspecified atom stereocenters. The van der Waals surface area contributed by atoms with Gasteiger partial charge >= 0.3 is 0 Å². The van der Waals surface area contributed by atoms with E-state index in [9.17, 15) is 14.4 Å². The molecule has 0 saturated carbocycles. The van der Waals surface area contributed by atoms with Crippen molar-refractivity contribution in [2.45, 2.75) is 32.1 Å². The van der Waals surface area contributed by atoms with Crippen LogP contribution in [0.3, 0.4) is 0 Å². The maximum atomic E-state index is 12.7. The third kappa shape index (κ3) is 7.43. The number of nitrogens with zero attached hydrogens (tertiary/aromatic N) is 1. The summed E-state index contributed by atoms with van der Waals surface area (Å²) >= 11 is 0. The maximum Gasteiger partial charge on any atom is 0.253 e. The molecule has 7 nitrogen and oxygen atoms in total. The summed E-state index contributed by atoms with van der Waals surface area (Å²) < 4.78 is 0. The molecule has 0 spiro atoms. The first-order chi connectivity index (χ1) is 17.6. The fourth-order valence-corrected chi connectivity index (χ4v) is 4.23. The molecule has 3 amide bonds. The van der Waals surface area contributed by atoms with Gasteiger partial charge in [-0.3, -0.25) is 14.4 Å². The molecule has 1 aliphatic rings. The maximum absolute atomic E-state index is 12.7. The van der Waals surface area contributed by atoms with Crippen molar-refractivity contribution in [3.63, 3.8) is 0 Å². The summed E-state index contributed by atoms with van der Waals surface area (Å²) in [7, 11) is 0. The normalized spacial score (nSPS) is 13.1. The first-order valence-electron chi connectivity index (χ1n) is 12.4. The number of nitrogens with one attached hydrogen (secondary N) is 3. The van der Waals surface area contributed by atoms with Gasteiger partial charge in [-0.25, -0.2) is 0 Å². The van der Waals surface area contributed by atoms with Crippen molar-refractivity contribution in [1.82, 2.24) is 4.90 Å². The molecule has 0 bridgehead atoms. The van der Waals surface area contributed by atoms with E-state index in [-0.39, 0.29) is 24.3 Å². The van der Waals surface area contributed by atoms with Gasteiger partial charge in [0.2, 0.25) is 11.8 Å². The summed E-state index contributed by atoms with van der Waals surface area (Å²) in [6.45, 7) is 1.64. The fraction of sp³-hybridized carbons (Fsp3) is 0.276. The minimum atomic E-state index is -0.227. The van der Waals surface area contributed by atoms with E-state index in [2.05, 4.69) is 16.0 Å². The third-order valence-corrected chi connectivity index (χ3v) is 6.12. The van der Waals surface area contributed by atoms with E-state index in [4.69, 9.17) is 0 Å². The Morgan fingerprint density at radius 2 is 1.36 bits per heavy atom. The van der Waals surface area contributed by atoms with Crippen LogP contribution in [0.25, 0.3) is 0 Å². The van der Waals surface area contributed by atoms with E-state index in [1.54, 1.807) is 30.3 Å². The Morgan fingerprint density at radius 1 is 0.694 bits per heavy atom. The number of hydrogen-bond donors (Lipinski definition) is 3. The standard InChI is InChI=1S/C29H32N4O3/c34-27(16-15-22-9-3-1-4-10-22)31-25-13-8-14-26(20-25)32-28(35)21-30-24-12-7-11-23(19-24)29(36)33-17-5-2-6-18-33/h1,3-4,7-14,19-20,30H,2,5-6,15-18,21H2,(H,31,34)(H,32,35). The van der Waals surface area contributed by atoms with Crippen LogP contribution in [0.2, 0.25) is 0 Å². The highest BCUT2D eigenvalue weighted by Gasteiger charge is 2.18. The molecule has 1 aliphatic heterocycles. The van der Waals surface area contributed by atoms with E-state index in [0.717, 1.165) is 31.5 Å². The Morgan fingerprint density at radius 3 is 2.11 bits per heavy atom. The first-order valence-corrected chi connectivity index (χ1v) is 12.4. The third-order valence-electron chi connectivity index (χ3n) is 6.12. The molecule has 1 heterocycles. The average molecular weight is 485 g/mol. The fourth-order valence-electron chi connectivity index (χ4n) is 4.23. The number of rotatable bonds is 9. The predicted molar refractivity (Wildman–Crippen MR) is 143 cm³/mol. The Bertz CT molecular complexity index is 1190. The molecular formula is C29H32N4O3. The highest BCUT2D eigenvalue weighted by molar-refractivity contribution is 5.97. The summed E-state index contributed by atoms with van der Waals surface area (Å²) in [5.41, 5.74) is 3.67. The Hall–Kier alpha value is -4.13. The summed E-state index contributed by atoms with van der Waals surface area (Å²) in [4.78, 5) is 39.5. The lowest BCUT2D eigenvalue weighted by molar-refractivity contribution is -0.116. The van der Waals surface area contributed by atoms with Crippen molar-refractivity contribution in [3.8, 4) is 0 Å². The molecule has 3 aromatic rings. The molecule has 36 heavy (non-hydrogen) atoms. The molecule has 0 atom stereocenters. The van der Waals surface area contributed by atoms with Gasteiger partial charge in [0.05, 0.1) is 6.54 Å². The minimum absolute atomic E-state index is 0.0328. The highest BCUT2D eigenvalue weighted by Crippen LogP contribution is 2.18. The molecule has 0 aromatic heterocycles. The van der Waals surface area contributed by atoms with E-state index in [0.29, 0.717) is 35.5 Å². The SMILES string of the molecule is O=C(CCc1ccccc1)Nc1cccc(NC(=O)CNc2cccc(C(=O)N3CCCCC3)c2)c1. The Labute approximate surface area is 211 Å². The lowest BCUT2D eigenvalue weighted by atomic mass is 10.1. The molecule has 3 aromatic carbocycles. The Balaban J connectivity index is 1.25. The summed E-state index contributed by atoms with van der Waals surface area (Å²) in [5, 5.41) is 8.82. The van der Waals surface area contributed by atoms with E-state index >= 15 is 0 Å². The molecule has 1 fully saturated rings. The van der Waals surface area contributed by atoms with Crippen LogP contribution in [0.4, 0.5) is 17.1 Å². The van der Waals surface area contributed by atoms with Crippen molar-refractivity contribution in [2.75, 3.05) is 35.6 Å². The van der Waals surface area contributed by atoms with Crippen LogP contribution in [0.5, 0.6) is 0 Å². The molecule has 4 rings (SSSR count). The van der Waals surface area contributed by atoms with Gasteiger partial charge in [-0.1, -0.05) is 42.5 Å². The second kappa shape index (κ2) is 12.5. The number of piperidine rings is 1. The molecule has 1 saturated heterocycles.